The third kappa shape index (κ3) is 2.18. The minimum atomic E-state index is 0.690. The smallest absolute Gasteiger partial charge is 0.222 e. The first kappa shape index (κ1) is 12.4. The summed E-state index contributed by atoms with van der Waals surface area (Å²) >= 11 is 2.33. The Morgan fingerprint density at radius 1 is 0.947 bits per heavy atom. The topological polar surface area (TPSA) is 21.6 Å². The molecule has 2 nitrogen and oxygen atoms in total. The van der Waals surface area contributed by atoms with E-state index < -0.39 is 0 Å². The Labute approximate surface area is 126 Å². The Bertz CT molecular complexity index is 674. The number of halogens is 1. The van der Waals surface area contributed by atoms with E-state index in [1.165, 1.54) is 0 Å². The van der Waals surface area contributed by atoms with E-state index in [9.17, 15) is 0 Å². The van der Waals surface area contributed by atoms with Crippen LogP contribution < -0.4 is 0 Å². The largest absolute Gasteiger partial charge is 0.437 e. The Hall–Kier alpha value is -1.62. The van der Waals surface area contributed by atoms with Crippen molar-refractivity contribution in [3.8, 4) is 0 Å². The zero-order valence-electron chi connectivity index (χ0n) is 10.4. The van der Waals surface area contributed by atoms with Gasteiger partial charge in [0, 0.05) is 18.2 Å². The predicted octanol–water partition coefficient (Wildman–Crippen LogP) is 4.35. The highest BCUT2D eigenvalue weighted by atomic mass is 127. The molecule has 2 aromatic rings. The molecule has 3 rings (SSSR count). The molecule has 0 saturated heterocycles. The van der Waals surface area contributed by atoms with E-state index in [1.807, 2.05) is 36.4 Å². The first-order valence-electron chi connectivity index (χ1n) is 6.01. The van der Waals surface area contributed by atoms with Gasteiger partial charge in [0.1, 0.15) is 0 Å². The Kier molecular flexibility index (Phi) is 3.38. The summed E-state index contributed by atoms with van der Waals surface area (Å²) in [4.78, 5) is 4.21. The van der Waals surface area contributed by atoms with Gasteiger partial charge in [0.15, 0.2) is 5.76 Å². The summed E-state index contributed by atoms with van der Waals surface area (Å²) in [6.45, 7) is 0. The summed E-state index contributed by atoms with van der Waals surface area (Å²) in [5, 5.41) is 0. The maximum Gasteiger partial charge on any atom is 0.222 e. The van der Waals surface area contributed by atoms with Crippen molar-refractivity contribution in [2.45, 2.75) is 0 Å². The number of aliphatic imine (C=N–C) groups is 1. The third-order valence-corrected chi connectivity index (χ3v) is 4.14. The van der Waals surface area contributed by atoms with Gasteiger partial charge in [-0.3, -0.25) is 4.99 Å². The number of rotatable bonds is 1. The molecule has 2 aromatic carbocycles. The summed E-state index contributed by atoms with van der Waals surface area (Å²) in [6, 6.07) is 18.4. The lowest BCUT2D eigenvalue weighted by Crippen LogP contribution is -1.95. The highest BCUT2D eigenvalue weighted by molar-refractivity contribution is 14.1. The Morgan fingerprint density at radius 3 is 2.26 bits per heavy atom. The van der Waals surface area contributed by atoms with Crippen LogP contribution in [0.4, 0.5) is 0 Å². The maximum atomic E-state index is 5.92. The van der Waals surface area contributed by atoms with Crippen LogP contribution in [0.3, 0.4) is 0 Å². The predicted molar refractivity (Wildman–Crippen MR) is 87.3 cm³/mol. The second kappa shape index (κ2) is 5.17. The second-order valence-electron chi connectivity index (χ2n) is 4.19. The number of nitrogens with zero attached hydrogens (tertiary/aromatic N) is 1. The maximum absolute atomic E-state index is 5.92. The Balaban J connectivity index is 2.18. The van der Waals surface area contributed by atoms with E-state index in [-0.39, 0.29) is 0 Å². The van der Waals surface area contributed by atoms with Crippen molar-refractivity contribution in [1.29, 1.82) is 0 Å². The van der Waals surface area contributed by atoms with Crippen LogP contribution in [0, 0.1) is 0 Å². The molecule has 1 aliphatic heterocycles. The van der Waals surface area contributed by atoms with Crippen LogP contribution in [0.25, 0.3) is 9.34 Å². The lowest BCUT2D eigenvalue weighted by molar-refractivity contribution is 0.527. The molecule has 0 fully saturated rings. The van der Waals surface area contributed by atoms with Crippen molar-refractivity contribution in [3.63, 3.8) is 0 Å². The quantitative estimate of drug-likeness (QED) is 0.692. The monoisotopic (exact) mass is 361 g/mol. The molecule has 1 heterocycles. The molecule has 0 aromatic heterocycles. The molecule has 0 amide bonds. The minimum Gasteiger partial charge on any atom is -0.437 e. The Morgan fingerprint density at radius 2 is 1.58 bits per heavy atom. The van der Waals surface area contributed by atoms with Gasteiger partial charge in [-0.25, -0.2) is 0 Å². The van der Waals surface area contributed by atoms with Gasteiger partial charge in [-0.05, 0) is 34.2 Å². The van der Waals surface area contributed by atoms with Crippen LogP contribution in [0.2, 0.25) is 0 Å². The van der Waals surface area contributed by atoms with Gasteiger partial charge in [0.25, 0.3) is 0 Å². The summed E-state index contributed by atoms with van der Waals surface area (Å²) in [5.41, 5.74) is 3.33. The number of benzene rings is 2. The average Bonchev–Trinajstić information content (AvgIpc) is 2.86. The van der Waals surface area contributed by atoms with Gasteiger partial charge in [-0.15, -0.1) is 0 Å². The van der Waals surface area contributed by atoms with Crippen molar-refractivity contribution in [3.05, 3.63) is 71.3 Å². The molecule has 0 unspecified atom stereocenters. The molecule has 0 bridgehead atoms. The van der Waals surface area contributed by atoms with Gasteiger partial charge in [0.2, 0.25) is 5.90 Å². The molecule has 0 atom stereocenters. The van der Waals surface area contributed by atoms with Crippen LogP contribution in [0.15, 0.2) is 59.6 Å². The van der Waals surface area contributed by atoms with E-state index in [0.29, 0.717) is 5.90 Å². The SMILES string of the molecule is CN=C1O/C(=C(/I)c2ccccc2)c2ccccc21. The van der Waals surface area contributed by atoms with Crippen molar-refractivity contribution >= 4 is 37.8 Å². The summed E-state index contributed by atoms with van der Waals surface area (Å²) in [5.74, 6) is 1.58. The number of hydrogen-bond donors (Lipinski definition) is 0. The van der Waals surface area contributed by atoms with Crippen molar-refractivity contribution in [2.75, 3.05) is 7.05 Å². The number of hydrogen-bond acceptors (Lipinski definition) is 2. The zero-order chi connectivity index (χ0) is 13.2. The zero-order valence-corrected chi connectivity index (χ0v) is 12.6. The molecule has 0 N–H and O–H groups in total. The summed E-state index contributed by atoms with van der Waals surface area (Å²) < 4.78 is 7.02. The van der Waals surface area contributed by atoms with Crippen molar-refractivity contribution < 1.29 is 4.74 Å². The van der Waals surface area contributed by atoms with E-state index in [1.54, 1.807) is 7.05 Å². The van der Waals surface area contributed by atoms with Gasteiger partial charge in [-0.1, -0.05) is 48.5 Å². The van der Waals surface area contributed by atoms with E-state index >= 15 is 0 Å². The number of fused-ring (bicyclic) bond motifs is 1. The average molecular weight is 361 g/mol. The first-order chi connectivity index (χ1) is 9.31. The fourth-order valence-electron chi connectivity index (χ4n) is 2.12. The highest BCUT2D eigenvalue weighted by Gasteiger charge is 2.26. The van der Waals surface area contributed by atoms with Crippen LogP contribution in [-0.4, -0.2) is 12.9 Å². The normalized spacial score (nSPS) is 18.1. The van der Waals surface area contributed by atoms with Gasteiger partial charge in [-0.2, -0.15) is 0 Å². The molecule has 0 radical (unpaired) electrons. The lowest BCUT2D eigenvalue weighted by atomic mass is 10.1. The minimum absolute atomic E-state index is 0.690. The van der Waals surface area contributed by atoms with Gasteiger partial charge >= 0.3 is 0 Å². The fourth-order valence-corrected chi connectivity index (χ4v) is 2.88. The fraction of sp³-hybridized carbons (Fsp3) is 0.0625. The van der Waals surface area contributed by atoms with Gasteiger partial charge < -0.3 is 4.74 Å². The molecule has 94 valence electrons. The molecule has 1 aliphatic rings. The number of ether oxygens (including phenoxy) is 1. The first-order valence-corrected chi connectivity index (χ1v) is 7.08. The van der Waals surface area contributed by atoms with Gasteiger partial charge in [0.05, 0.1) is 3.58 Å². The highest BCUT2D eigenvalue weighted by Crippen LogP contribution is 2.38. The van der Waals surface area contributed by atoms with E-state index in [2.05, 4.69) is 45.8 Å². The van der Waals surface area contributed by atoms with Crippen LogP contribution >= 0.6 is 22.6 Å². The van der Waals surface area contributed by atoms with Crippen LogP contribution in [0.1, 0.15) is 16.7 Å². The lowest BCUT2D eigenvalue weighted by Gasteiger charge is -2.05. The van der Waals surface area contributed by atoms with E-state index in [0.717, 1.165) is 26.0 Å². The molecule has 0 saturated carbocycles. The van der Waals surface area contributed by atoms with Crippen LogP contribution in [0.5, 0.6) is 0 Å². The molecule has 0 spiro atoms. The molecular weight excluding hydrogens is 349 g/mol. The second-order valence-corrected chi connectivity index (χ2v) is 5.26. The van der Waals surface area contributed by atoms with Crippen molar-refractivity contribution in [2.24, 2.45) is 4.99 Å². The molecule has 3 heteroatoms. The molecular formula is C16H12INO. The van der Waals surface area contributed by atoms with Crippen molar-refractivity contribution in [1.82, 2.24) is 0 Å². The third-order valence-electron chi connectivity index (χ3n) is 3.03. The molecule has 19 heavy (non-hydrogen) atoms. The molecule has 0 aliphatic carbocycles. The van der Waals surface area contributed by atoms with Crippen LogP contribution in [-0.2, 0) is 4.74 Å². The van der Waals surface area contributed by atoms with E-state index in [4.69, 9.17) is 4.74 Å². The summed E-state index contributed by atoms with van der Waals surface area (Å²) in [7, 11) is 1.75. The summed E-state index contributed by atoms with van der Waals surface area (Å²) in [6.07, 6.45) is 0. The standard InChI is InChI=1S/C16H12INO/c1-18-16-13-10-6-5-9-12(13)15(19-16)14(17)11-7-3-2-4-8-11/h2-10H,1H3/b15-14+,18-16?.